The predicted molar refractivity (Wildman–Crippen MR) is 127 cm³/mol. The minimum absolute atomic E-state index is 0.170. The lowest BCUT2D eigenvalue weighted by Crippen LogP contribution is -2.32. The summed E-state index contributed by atoms with van der Waals surface area (Å²) in [6.45, 7) is 4.47. The summed E-state index contributed by atoms with van der Waals surface area (Å²) in [7, 11) is 0. The Morgan fingerprint density at radius 1 is 0.571 bits per heavy atom. The van der Waals surface area contributed by atoms with Gasteiger partial charge in [0.05, 0.1) is 0 Å². The molecule has 162 valence electrons. The molecule has 0 aliphatic heterocycles. The fourth-order valence-electron chi connectivity index (χ4n) is 4.18. The van der Waals surface area contributed by atoms with E-state index in [0.29, 0.717) is 0 Å². The average Bonchev–Trinajstić information content (AvgIpc) is 2.71. The maximum absolute atomic E-state index is 6.50. The molecule has 1 heteroatoms. The molecule has 0 aliphatic rings. The van der Waals surface area contributed by atoms with E-state index in [1.54, 1.807) is 0 Å². The lowest BCUT2D eigenvalue weighted by atomic mass is 9.87. The lowest BCUT2D eigenvalue weighted by molar-refractivity contribution is 0.420. The first-order valence-electron chi connectivity index (χ1n) is 12.5. The summed E-state index contributed by atoms with van der Waals surface area (Å²) < 4.78 is 0. The van der Waals surface area contributed by atoms with Crippen LogP contribution in [0.15, 0.2) is 30.3 Å². The lowest BCUT2D eigenvalue weighted by Gasteiger charge is -2.25. The van der Waals surface area contributed by atoms with Crippen LogP contribution in [-0.4, -0.2) is 0 Å². The highest BCUT2D eigenvalue weighted by Gasteiger charge is 2.19. The van der Waals surface area contributed by atoms with Crippen molar-refractivity contribution in [3.05, 3.63) is 35.9 Å². The Bertz CT molecular complexity index is 437. The molecule has 0 heterocycles. The van der Waals surface area contributed by atoms with Crippen LogP contribution in [0.4, 0.5) is 0 Å². The second kappa shape index (κ2) is 17.1. The van der Waals surface area contributed by atoms with E-state index in [-0.39, 0.29) is 5.54 Å². The molecule has 0 saturated heterocycles. The van der Waals surface area contributed by atoms with Gasteiger partial charge < -0.3 is 5.73 Å². The van der Waals surface area contributed by atoms with Crippen LogP contribution in [0.25, 0.3) is 0 Å². The second-order valence-electron chi connectivity index (χ2n) is 9.19. The van der Waals surface area contributed by atoms with E-state index in [1.807, 2.05) is 0 Å². The molecule has 0 bridgehead atoms. The summed E-state index contributed by atoms with van der Waals surface area (Å²) in [5.41, 5.74) is 7.60. The second-order valence-corrected chi connectivity index (χ2v) is 9.19. The van der Waals surface area contributed by atoms with Crippen LogP contribution in [0.2, 0.25) is 0 Å². The number of unbranched alkanes of at least 4 members (excludes halogenated alkanes) is 16. The summed E-state index contributed by atoms with van der Waals surface area (Å²) in [4.78, 5) is 0. The molecule has 0 fully saturated rings. The van der Waals surface area contributed by atoms with Crippen LogP contribution in [0.3, 0.4) is 0 Å². The molecule has 1 rings (SSSR count). The maximum Gasteiger partial charge on any atom is 0.0381 e. The first-order valence-corrected chi connectivity index (χ1v) is 12.5. The molecule has 1 unspecified atom stereocenters. The first kappa shape index (κ1) is 25.2. The molecule has 0 aromatic heterocycles. The third kappa shape index (κ3) is 13.4. The van der Waals surface area contributed by atoms with Crippen LogP contribution in [0, 0.1) is 0 Å². The van der Waals surface area contributed by atoms with Crippen LogP contribution in [0.1, 0.15) is 135 Å². The largest absolute Gasteiger partial charge is 0.322 e. The Labute approximate surface area is 176 Å². The standard InChI is InChI=1S/C27H49N/c1-3-4-5-6-7-8-9-10-11-12-13-14-15-16-17-18-22-25-27(2,28)26-23-20-19-21-24-26/h19-21,23-24H,3-18,22,25,28H2,1-2H3. The van der Waals surface area contributed by atoms with Crippen LogP contribution < -0.4 is 5.73 Å². The number of benzene rings is 1. The van der Waals surface area contributed by atoms with Crippen molar-refractivity contribution in [3.8, 4) is 0 Å². The molecule has 1 nitrogen and oxygen atoms in total. The summed E-state index contributed by atoms with van der Waals surface area (Å²) in [5, 5.41) is 0. The van der Waals surface area contributed by atoms with Gasteiger partial charge in [-0.3, -0.25) is 0 Å². The van der Waals surface area contributed by atoms with Gasteiger partial charge in [-0.1, -0.05) is 146 Å². The number of rotatable bonds is 19. The predicted octanol–water partition coefficient (Wildman–Crippen LogP) is 8.90. The van der Waals surface area contributed by atoms with Crippen molar-refractivity contribution in [2.45, 2.75) is 135 Å². The summed E-state index contributed by atoms with van der Waals surface area (Å²) in [5.74, 6) is 0. The van der Waals surface area contributed by atoms with Gasteiger partial charge >= 0.3 is 0 Å². The van der Waals surface area contributed by atoms with E-state index in [2.05, 4.69) is 44.2 Å². The molecule has 0 amide bonds. The van der Waals surface area contributed by atoms with Crippen molar-refractivity contribution in [1.29, 1.82) is 0 Å². The minimum Gasteiger partial charge on any atom is -0.322 e. The summed E-state index contributed by atoms with van der Waals surface area (Å²) >= 11 is 0. The molecule has 1 aromatic carbocycles. The molecular formula is C27H49N. The third-order valence-electron chi connectivity index (χ3n) is 6.23. The topological polar surface area (TPSA) is 26.0 Å². The minimum atomic E-state index is -0.170. The highest BCUT2D eigenvalue weighted by Crippen LogP contribution is 2.24. The van der Waals surface area contributed by atoms with E-state index in [0.717, 1.165) is 6.42 Å². The van der Waals surface area contributed by atoms with E-state index in [9.17, 15) is 0 Å². The van der Waals surface area contributed by atoms with E-state index in [1.165, 1.54) is 115 Å². The van der Waals surface area contributed by atoms with Gasteiger partial charge in [0, 0.05) is 5.54 Å². The smallest absolute Gasteiger partial charge is 0.0381 e. The third-order valence-corrected chi connectivity index (χ3v) is 6.23. The molecule has 0 radical (unpaired) electrons. The molecule has 2 N–H and O–H groups in total. The summed E-state index contributed by atoms with van der Waals surface area (Å²) in [6.07, 6.45) is 25.3. The molecule has 1 atom stereocenters. The monoisotopic (exact) mass is 387 g/mol. The van der Waals surface area contributed by atoms with E-state index >= 15 is 0 Å². The van der Waals surface area contributed by atoms with Gasteiger partial charge in [-0.25, -0.2) is 0 Å². The summed E-state index contributed by atoms with van der Waals surface area (Å²) in [6, 6.07) is 10.6. The molecule has 28 heavy (non-hydrogen) atoms. The Morgan fingerprint density at radius 2 is 0.929 bits per heavy atom. The van der Waals surface area contributed by atoms with Crippen LogP contribution in [-0.2, 0) is 5.54 Å². The van der Waals surface area contributed by atoms with Crippen molar-refractivity contribution in [2.75, 3.05) is 0 Å². The van der Waals surface area contributed by atoms with E-state index < -0.39 is 0 Å². The fraction of sp³-hybridized carbons (Fsp3) is 0.778. The molecular weight excluding hydrogens is 338 g/mol. The highest BCUT2D eigenvalue weighted by molar-refractivity contribution is 5.22. The van der Waals surface area contributed by atoms with Crippen molar-refractivity contribution in [3.63, 3.8) is 0 Å². The Hall–Kier alpha value is -0.820. The molecule has 0 aliphatic carbocycles. The number of hydrogen-bond donors (Lipinski definition) is 1. The zero-order valence-corrected chi connectivity index (χ0v) is 19.2. The zero-order chi connectivity index (χ0) is 20.3. The maximum atomic E-state index is 6.50. The molecule has 1 aromatic rings. The van der Waals surface area contributed by atoms with Gasteiger partial charge in [-0.2, -0.15) is 0 Å². The van der Waals surface area contributed by atoms with Crippen LogP contribution >= 0.6 is 0 Å². The molecule has 0 spiro atoms. The van der Waals surface area contributed by atoms with Gasteiger partial charge in [0.15, 0.2) is 0 Å². The van der Waals surface area contributed by atoms with Crippen molar-refractivity contribution < 1.29 is 0 Å². The fourth-order valence-corrected chi connectivity index (χ4v) is 4.18. The zero-order valence-electron chi connectivity index (χ0n) is 19.2. The highest BCUT2D eigenvalue weighted by atomic mass is 14.7. The van der Waals surface area contributed by atoms with Gasteiger partial charge in [0.1, 0.15) is 0 Å². The average molecular weight is 388 g/mol. The SMILES string of the molecule is CCCCCCCCCCCCCCCCCCCC(C)(N)c1ccccc1. The van der Waals surface area contributed by atoms with E-state index in [4.69, 9.17) is 5.73 Å². The number of nitrogens with two attached hydrogens (primary N) is 1. The van der Waals surface area contributed by atoms with Gasteiger partial charge in [0.2, 0.25) is 0 Å². The van der Waals surface area contributed by atoms with Crippen molar-refractivity contribution in [1.82, 2.24) is 0 Å². The Balaban J connectivity index is 1.81. The quantitative estimate of drug-likeness (QED) is 0.236. The number of hydrogen-bond acceptors (Lipinski definition) is 1. The Kier molecular flexibility index (Phi) is 15.4. The molecule has 0 saturated carbocycles. The van der Waals surface area contributed by atoms with Gasteiger partial charge in [-0.05, 0) is 18.9 Å². The Morgan fingerprint density at radius 3 is 1.32 bits per heavy atom. The van der Waals surface area contributed by atoms with Crippen LogP contribution in [0.5, 0.6) is 0 Å². The van der Waals surface area contributed by atoms with Gasteiger partial charge in [-0.15, -0.1) is 0 Å². The normalized spacial score (nSPS) is 13.5. The van der Waals surface area contributed by atoms with Crippen molar-refractivity contribution in [2.24, 2.45) is 5.73 Å². The van der Waals surface area contributed by atoms with Crippen molar-refractivity contribution >= 4 is 0 Å². The van der Waals surface area contributed by atoms with Gasteiger partial charge in [0.25, 0.3) is 0 Å². The first-order chi connectivity index (χ1) is 13.7.